The van der Waals surface area contributed by atoms with E-state index in [1.54, 1.807) is 0 Å². The van der Waals surface area contributed by atoms with E-state index in [1.165, 1.54) is 11.1 Å². The first-order chi connectivity index (χ1) is 11.3. The van der Waals surface area contributed by atoms with Crippen molar-refractivity contribution in [3.63, 3.8) is 0 Å². The number of rotatable bonds is 7. The van der Waals surface area contributed by atoms with Gasteiger partial charge in [0.1, 0.15) is 0 Å². The van der Waals surface area contributed by atoms with Crippen molar-refractivity contribution in [3.05, 3.63) is 65.7 Å². The van der Waals surface area contributed by atoms with Gasteiger partial charge in [0.2, 0.25) is 0 Å². The fraction of sp³-hybridized carbons (Fsp3) is 0.368. The summed E-state index contributed by atoms with van der Waals surface area (Å²) < 4.78 is 12.4. The largest absolute Gasteiger partial charge is 0.395 e. The van der Waals surface area contributed by atoms with E-state index in [4.69, 9.17) is 0 Å². The summed E-state index contributed by atoms with van der Waals surface area (Å²) in [6.45, 7) is 1.50. The topological polar surface area (TPSA) is 40.5 Å². The molecular formula is C19H23NO2S. The van der Waals surface area contributed by atoms with Crippen LogP contribution in [0.25, 0.3) is 0 Å². The fourth-order valence-electron chi connectivity index (χ4n) is 3.36. The van der Waals surface area contributed by atoms with Crippen molar-refractivity contribution in [3.8, 4) is 0 Å². The summed E-state index contributed by atoms with van der Waals surface area (Å²) in [6, 6.07) is 18.5. The first-order valence-corrected chi connectivity index (χ1v) is 9.47. The van der Waals surface area contributed by atoms with Crippen LogP contribution in [0.1, 0.15) is 23.6 Å². The molecule has 0 fully saturated rings. The average Bonchev–Trinajstić information content (AvgIpc) is 3.03. The monoisotopic (exact) mass is 329 g/mol. The average molecular weight is 329 g/mol. The number of hydrogen-bond acceptors (Lipinski definition) is 3. The van der Waals surface area contributed by atoms with Gasteiger partial charge < -0.3 is 5.11 Å². The van der Waals surface area contributed by atoms with Crippen LogP contribution in [0.4, 0.5) is 0 Å². The van der Waals surface area contributed by atoms with E-state index < -0.39 is 10.8 Å². The minimum Gasteiger partial charge on any atom is -0.395 e. The number of aryl methyl sites for hydroxylation is 1. The Hall–Kier alpha value is -1.49. The zero-order valence-corrected chi connectivity index (χ0v) is 14.0. The Labute approximate surface area is 140 Å². The van der Waals surface area contributed by atoms with Gasteiger partial charge in [0, 0.05) is 29.8 Å². The second-order valence-electron chi connectivity index (χ2n) is 5.88. The van der Waals surface area contributed by atoms with E-state index in [9.17, 15) is 9.32 Å². The van der Waals surface area contributed by atoms with Crippen LogP contribution in [0.2, 0.25) is 0 Å². The summed E-state index contributed by atoms with van der Waals surface area (Å²) in [4.78, 5) is 3.16. The maximum atomic E-state index is 12.4. The molecule has 1 aliphatic carbocycles. The maximum Gasteiger partial charge on any atom is 0.0558 e. The summed E-state index contributed by atoms with van der Waals surface area (Å²) in [5, 5.41) is 9.41. The van der Waals surface area contributed by atoms with Gasteiger partial charge in [-0.3, -0.25) is 9.11 Å². The van der Waals surface area contributed by atoms with Crippen LogP contribution in [-0.4, -0.2) is 39.7 Å². The summed E-state index contributed by atoms with van der Waals surface area (Å²) in [6.07, 6.45) is 2.17. The van der Waals surface area contributed by atoms with Gasteiger partial charge in [-0.2, -0.15) is 0 Å². The number of nitrogens with zero attached hydrogens (tertiary/aromatic N) is 1. The van der Waals surface area contributed by atoms with E-state index >= 15 is 0 Å². The number of hydrogen-bond donors (Lipinski definition) is 1. The van der Waals surface area contributed by atoms with Crippen LogP contribution >= 0.6 is 0 Å². The molecule has 0 radical (unpaired) electrons. The first-order valence-electron chi connectivity index (χ1n) is 8.15. The molecule has 0 spiro atoms. The van der Waals surface area contributed by atoms with E-state index in [2.05, 4.69) is 29.2 Å². The lowest BCUT2D eigenvalue weighted by Crippen LogP contribution is -2.33. The third-order valence-electron chi connectivity index (χ3n) is 4.50. The van der Waals surface area contributed by atoms with Crippen molar-refractivity contribution in [1.29, 1.82) is 0 Å². The molecule has 0 aliphatic heterocycles. The van der Waals surface area contributed by atoms with Crippen LogP contribution in [0.3, 0.4) is 0 Å². The molecule has 2 unspecified atom stereocenters. The Balaban J connectivity index is 1.67. The minimum atomic E-state index is -0.989. The highest BCUT2D eigenvalue weighted by molar-refractivity contribution is 7.85. The number of benzene rings is 2. The molecule has 23 heavy (non-hydrogen) atoms. The highest BCUT2D eigenvalue weighted by Gasteiger charge is 2.27. The van der Waals surface area contributed by atoms with Crippen molar-refractivity contribution in [2.75, 3.05) is 25.4 Å². The Bertz CT molecular complexity index is 659. The Morgan fingerprint density at radius 3 is 2.57 bits per heavy atom. The van der Waals surface area contributed by atoms with E-state index in [0.29, 0.717) is 18.3 Å². The highest BCUT2D eigenvalue weighted by Crippen LogP contribution is 2.35. The second kappa shape index (κ2) is 7.86. The Kier molecular flexibility index (Phi) is 5.60. The van der Waals surface area contributed by atoms with E-state index in [0.717, 1.165) is 24.3 Å². The van der Waals surface area contributed by atoms with Crippen molar-refractivity contribution in [2.45, 2.75) is 23.8 Å². The fourth-order valence-corrected chi connectivity index (χ4v) is 4.45. The van der Waals surface area contributed by atoms with Crippen LogP contribution in [0, 0.1) is 0 Å². The predicted octanol–water partition coefficient (Wildman–Crippen LogP) is 2.78. The molecule has 0 aromatic heterocycles. The van der Waals surface area contributed by atoms with Gasteiger partial charge in [0.15, 0.2) is 0 Å². The van der Waals surface area contributed by atoms with E-state index in [1.807, 2.05) is 30.3 Å². The summed E-state index contributed by atoms with van der Waals surface area (Å²) in [5.41, 5.74) is 2.77. The van der Waals surface area contributed by atoms with Gasteiger partial charge in [-0.15, -0.1) is 0 Å². The van der Waals surface area contributed by atoms with Crippen molar-refractivity contribution >= 4 is 10.8 Å². The molecule has 0 heterocycles. The zero-order valence-electron chi connectivity index (χ0n) is 13.2. The first kappa shape index (κ1) is 16.4. The van der Waals surface area contributed by atoms with Gasteiger partial charge in [-0.1, -0.05) is 42.5 Å². The van der Waals surface area contributed by atoms with Crippen LogP contribution in [0.5, 0.6) is 0 Å². The molecule has 3 rings (SSSR count). The molecule has 122 valence electrons. The normalized spacial score (nSPS) is 18.1. The molecule has 4 heteroatoms. The summed E-state index contributed by atoms with van der Waals surface area (Å²) in [5.74, 6) is 0.600. The van der Waals surface area contributed by atoms with E-state index in [-0.39, 0.29) is 6.61 Å². The third kappa shape index (κ3) is 3.89. The molecule has 0 saturated heterocycles. The smallest absolute Gasteiger partial charge is 0.0558 e. The molecule has 0 amide bonds. The predicted molar refractivity (Wildman–Crippen MR) is 93.9 cm³/mol. The molecule has 1 N–H and O–H groups in total. The van der Waals surface area contributed by atoms with Gasteiger partial charge in [-0.05, 0) is 36.1 Å². The standard InChI is InChI=1S/C19H23NO2S/c21-14-12-20(13-15-23(22)17-7-2-1-3-8-17)19-11-10-16-6-4-5-9-18(16)19/h1-9,19,21H,10-15H2. The Morgan fingerprint density at radius 2 is 1.78 bits per heavy atom. The molecule has 2 aromatic carbocycles. The minimum absolute atomic E-state index is 0.136. The van der Waals surface area contributed by atoms with Crippen LogP contribution in [0.15, 0.2) is 59.5 Å². The van der Waals surface area contributed by atoms with Crippen LogP contribution < -0.4 is 0 Å². The molecule has 0 saturated carbocycles. The Morgan fingerprint density at radius 1 is 1.04 bits per heavy atom. The SMILES string of the molecule is O=S(CCN(CCO)C1CCc2ccccc21)c1ccccc1. The van der Waals surface area contributed by atoms with Gasteiger partial charge in [0.25, 0.3) is 0 Å². The molecule has 2 atom stereocenters. The molecule has 2 aromatic rings. The highest BCUT2D eigenvalue weighted by atomic mass is 32.2. The third-order valence-corrected chi connectivity index (χ3v) is 5.85. The molecule has 0 bridgehead atoms. The number of aliphatic hydroxyl groups excluding tert-OH is 1. The second-order valence-corrected chi connectivity index (χ2v) is 7.45. The lowest BCUT2D eigenvalue weighted by atomic mass is 10.1. The number of fused-ring (bicyclic) bond motifs is 1. The quantitative estimate of drug-likeness (QED) is 0.849. The summed E-state index contributed by atoms with van der Waals surface area (Å²) >= 11 is 0. The lowest BCUT2D eigenvalue weighted by Gasteiger charge is -2.28. The molecular weight excluding hydrogens is 306 g/mol. The van der Waals surface area contributed by atoms with Crippen LogP contribution in [-0.2, 0) is 17.2 Å². The van der Waals surface area contributed by atoms with Gasteiger partial charge >= 0.3 is 0 Å². The zero-order chi connectivity index (χ0) is 16.1. The van der Waals surface area contributed by atoms with Gasteiger partial charge in [-0.25, -0.2) is 0 Å². The molecule has 1 aliphatic rings. The van der Waals surface area contributed by atoms with Crippen molar-refractivity contribution < 1.29 is 9.32 Å². The van der Waals surface area contributed by atoms with Gasteiger partial charge in [0.05, 0.1) is 17.4 Å². The lowest BCUT2D eigenvalue weighted by molar-refractivity contribution is 0.157. The van der Waals surface area contributed by atoms with Crippen molar-refractivity contribution in [1.82, 2.24) is 4.90 Å². The maximum absolute atomic E-state index is 12.4. The summed E-state index contributed by atoms with van der Waals surface area (Å²) in [7, 11) is -0.989. The number of aliphatic hydroxyl groups is 1. The van der Waals surface area contributed by atoms with Crippen molar-refractivity contribution in [2.24, 2.45) is 0 Å². The molecule has 3 nitrogen and oxygen atoms in total.